The van der Waals surface area contributed by atoms with Gasteiger partial charge in [-0.15, -0.1) is 0 Å². The smallest absolute Gasteiger partial charge is 0.258 e. The van der Waals surface area contributed by atoms with Crippen molar-refractivity contribution in [3.63, 3.8) is 0 Å². The molecule has 1 amide bonds. The lowest BCUT2D eigenvalue weighted by molar-refractivity contribution is 0.0983. The molecule has 2 aromatic carbocycles. The Hall–Kier alpha value is -2.46. The second-order valence-electron chi connectivity index (χ2n) is 8.29. The van der Waals surface area contributed by atoms with Gasteiger partial charge in [0, 0.05) is 29.8 Å². The number of hydrogen-bond acceptors (Lipinski definition) is 2. The minimum atomic E-state index is -0.377. The van der Waals surface area contributed by atoms with Gasteiger partial charge in [0.05, 0.1) is 0 Å². The first-order valence-corrected chi connectivity index (χ1v) is 10.0. The van der Waals surface area contributed by atoms with Crippen molar-refractivity contribution in [3.8, 4) is 0 Å². The third-order valence-corrected chi connectivity index (χ3v) is 6.07. The Morgan fingerprint density at radius 3 is 2.75 bits per heavy atom. The highest BCUT2D eigenvalue weighted by atomic mass is 19.1. The monoisotopic (exact) mass is 378 g/mol. The van der Waals surface area contributed by atoms with E-state index >= 15 is 0 Å². The molecule has 0 radical (unpaired) electrons. The van der Waals surface area contributed by atoms with Crippen LogP contribution in [0.25, 0.3) is 0 Å². The minimum Gasteiger partial charge on any atom is -0.307 e. The van der Waals surface area contributed by atoms with Crippen LogP contribution >= 0.6 is 0 Å². The Morgan fingerprint density at radius 2 is 1.96 bits per heavy atom. The highest BCUT2D eigenvalue weighted by molar-refractivity contribution is 6.07. The number of anilines is 1. The molecule has 1 saturated heterocycles. The fraction of sp³-hybridized carbons (Fsp3) is 0.375. The molecule has 1 unspecified atom stereocenters. The fourth-order valence-electron chi connectivity index (χ4n) is 4.81. The molecule has 1 fully saturated rings. The van der Waals surface area contributed by atoms with E-state index in [0.717, 1.165) is 44.6 Å². The standard InChI is InChI=1S/C24H27FN2O/c1-18(2)16-26-13-6-11-24(12-14-26)17-27(22-10-4-3-9-21(22)24)23(28)19-7-5-8-20(25)15-19/h3-5,7-10,15H,1,6,11-14,16-17H2,2H3. The number of nitrogens with zero attached hydrogens (tertiary/aromatic N) is 2. The van der Waals surface area contributed by atoms with E-state index < -0.39 is 0 Å². The first-order chi connectivity index (χ1) is 13.5. The van der Waals surface area contributed by atoms with E-state index in [1.54, 1.807) is 12.1 Å². The third-order valence-electron chi connectivity index (χ3n) is 6.07. The van der Waals surface area contributed by atoms with Crippen molar-refractivity contribution in [2.45, 2.75) is 31.6 Å². The zero-order valence-electron chi connectivity index (χ0n) is 16.5. The number of benzene rings is 2. The second kappa shape index (κ2) is 7.51. The summed E-state index contributed by atoms with van der Waals surface area (Å²) in [7, 11) is 0. The number of hydrogen-bond donors (Lipinski definition) is 0. The molecule has 2 aromatic rings. The van der Waals surface area contributed by atoms with E-state index in [1.807, 2.05) is 17.0 Å². The molecule has 4 heteroatoms. The van der Waals surface area contributed by atoms with Gasteiger partial charge in [-0.05, 0) is 69.1 Å². The molecule has 2 heterocycles. The van der Waals surface area contributed by atoms with Crippen molar-refractivity contribution in [2.24, 2.45) is 0 Å². The van der Waals surface area contributed by atoms with Crippen molar-refractivity contribution < 1.29 is 9.18 Å². The van der Waals surface area contributed by atoms with Crippen molar-refractivity contribution in [3.05, 3.63) is 77.6 Å². The summed E-state index contributed by atoms with van der Waals surface area (Å²) < 4.78 is 13.7. The van der Waals surface area contributed by atoms with Crippen LogP contribution in [-0.2, 0) is 5.41 Å². The normalized spacial score (nSPS) is 22.1. The largest absolute Gasteiger partial charge is 0.307 e. The van der Waals surface area contributed by atoms with Gasteiger partial charge in [0.15, 0.2) is 0 Å². The summed E-state index contributed by atoms with van der Waals surface area (Å²) in [5, 5.41) is 0. The van der Waals surface area contributed by atoms with E-state index in [9.17, 15) is 9.18 Å². The van der Waals surface area contributed by atoms with Gasteiger partial charge in [0.25, 0.3) is 5.91 Å². The number of fused-ring (bicyclic) bond motifs is 2. The Balaban J connectivity index is 1.64. The molecule has 1 spiro atoms. The zero-order valence-corrected chi connectivity index (χ0v) is 16.5. The Morgan fingerprint density at radius 1 is 1.14 bits per heavy atom. The highest BCUT2D eigenvalue weighted by Crippen LogP contribution is 2.47. The van der Waals surface area contributed by atoms with E-state index in [-0.39, 0.29) is 17.1 Å². The van der Waals surface area contributed by atoms with E-state index in [1.165, 1.54) is 23.3 Å². The van der Waals surface area contributed by atoms with Gasteiger partial charge in [-0.1, -0.05) is 36.4 Å². The molecule has 4 rings (SSSR count). The van der Waals surface area contributed by atoms with Gasteiger partial charge in [-0.2, -0.15) is 0 Å². The van der Waals surface area contributed by atoms with Crippen LogP contribution in [0, 0.1) is 5.82 Å². The average molecular weight is 378 g/mol. The lowest BCUT2D eigenvalue weighted by atomic mass is 9.76. The van der Waals surface area contributed by atoms with Gasteiger partial charge in [-0.3, -0.25) is 9.69 Å². The lowest BCUT2D eigenvalue weighted by Gasteiger charge is -2.29. The first kappa shape index (κ1) is 18.9. The molecular formula is C24H27FN2O. The van der Waals surface area contributed by atoms with Gasteiger partial charge >= 0.3 is 0 Å². The maximum atomic E-state index is 13.7. The van der Waals surface area contributed by atoms with Gasteiger partial charge < -0.3 is 4.90 Å². The molecule has 0 aromatic heterocycles. The van der Waals surface area contributed by atoms with Gasteiger partial charge in [0.1, 0.15) is 5.82 Å². The predicted octanol–water partition coefficient (Wildman–Crippen LogP) is 4.79. The van der Waals surface area contributed by atoms with Crippen LogP contribution in [0.15, 0.2) is 60.7 Å². The summed E-state index contributed by atoms with van der Waals surface area (Å²) in [6.07, 6.45) is 3.18. The van der Waals surface area contributed by atoms with Gasteiger partial charge in [-0.25, -0.2) is 4.39 Å². The summed E-state index contributed by atoms with van der Waals surface area (Å²) in [5.74, 6) is -0.496. The van der Waals surface area contributed by atoms with Crippen molar-refractivity contribution in [1.82, 2.24) is 4.90 Å². The molecule has 146 valence electrons. The lowest BCUT2D eigenvalue weighted by Crippen LogP contribution is -2.38. The van der Waals surface area contributed by atoms with Crippen LogP contribution < -0.4 is 4.90 Å². The molecule has 0 bridgehead atoms. The first-order valence-electron chi connectivity index (χ1n) is 10.0. The van der Waals surface area contributed by atoms with Gasteiger partial charge in [0.2, 0.25) is 0 Å². The average Bonchev–Trinajstić information content (AvgIpc) is 2.86. The Kier molecular flexibility index (Phi) is 5.07. The minimum absolute atomic E-state index is 0.0244. The maximum absolute atomic E-state index is 13.7. The summed E-state index contributed by atoms with van der Waals surface area (Å²) >= 11 is 0. The summed E-state index contributed by atoms with van der Waals surface area (Å²) in [6.45, 7) is 9.80. The molecule has 3 nitrogen and oxygen atoms in total. The number of halogens is 1. The van der Waals surface area contributed by atoms with E-state index in [0.29, 0.717) is 12.1 Å². The van der Waals surface area contributed by atoms with Crippen LogP contribution in [0.1, 0.15) is 42.1 Å². The van der Waals surface area contributed by atoms with Crippen LogP contribution in [0.2, 0.25) is 0 Å². The Bertz CT molecular complexity index is 909. The molecule has 0 aliphatic carbocycles. The topological polar surface area (TPSA) is 23.6 Å². The zero-order chi connectivity index (χ0) is 19.7. The number of carbonyl (C=O) groups is 1. The molecule has 0 saturated carbocycles. The van der Waals surface area contributed by atoms with Crippen molar-refractivity contribution >= 4 is 11.6 Å². The van der Waals surface area contributed by atoms with Crippen LogP contribution in [0.4, 0.5) is 10.1 Å². The number of para-hydroxylation sites is 1. The summed E-state index contributed by atoms with van der Waals surface area (Å²) in [5.41, 5.74) is 3.81. The number of rotatable bonds is 3. The van der Waals surface area contributed by atoms with E-state index in [2.05, 4.69) is 30.5 Å². The maximum Gasteiger partial charge on any atom is 0.258 e. The molecule has 2 aliphatic heterocycles. The Labute approximate surface area is 166 Å². The van der Waals surface area contributed by atoms with Crippen LogP contribution in [-0.4, -0.2) is 37.0 Å². The number of likely N-dealkylation sites (tertiary alicyclic amines) is 1. The van der Waals surface area contributed by atoms with Crippen molar-refractivity contribution in [1.29, 1.82) is 0 Å². The predicted molar refractivity (Wildman–Crippen MR) is 111 cm³/mol. The third kappa shape index (κ3) is 3.49. The molecule has 2 aliphatic rings. The van der Waals surface area contributed by atoms with Crippen LogP contribution in [0.3, 0.4) is 0 Å². The molecular weight excluding hydrogens is 351 g/mol. The highest BCUT2D eigenvalue weighted by Gasteiger charge is 2.45. The van der Waals surface area contributed by atoms with Crippen LogP contribution in [0.5, 0.6) is 0 Å². The van der Waals surface area contributed by atoms with Crippen molar-refractivity contribution in [2.75, 3.05) is 31.1 Å². The summed E-state index contributed by atoms with van der Waals surface area (Å²) in [6, 6.07) is 14.2. The number of amides is 1. The SMILES string of the molecule is C=C(C)CN1CCCC2(CC1)CN(C(=O)c1cccc(F)c1)c1ccccc12. The second-order valence-corrected chi connectivity index (χ2v) is 8.29. The molecule has 28 heavy (non-hydrogen) atoms. The quantitative estimate of drug-likeness (QED) is 0.717. The molecule has 1 atom stereocenters. The summed E-state index contributed by atoms with van der Waals surface area (Å²) in [4.78, 5) is 17.5. The fourth-order valence-corrected chi connectivity index (χ4v) is 4.81. The van der Waals surface area contributed by atoms with E-state index in [4.69, 9.17) is 0 Å². The number of carbonyl (C=O) groups excluding carboxylic acids is 1. The molecule has 0 N–H and O–H groups in total.